The summed E-state index contributed by atoms with van der Waals surface area (Å²) in [5, 5.41) is 3.43. The lowest BCUT2D eigenvalue weighted by Gasteiger charge is -2.20. The summed E-state index contributed by atoms with van der Waals surface area (Å²) in [6.45, 7) is 6.92. The zero-order valence-electron chi connectivity index (χ0n) is 11.6. The molecule has 2 aromatic rings. The zero-order chi connectivity index (χ0) is 13.8. The van der Waals surface area contributed by atoms with Crippen molar-refractivity contribution < 1.29 is 0 Å². The second kappa shape index (κ2) is 5.80. The van der Waals surface area contributed by atoms with Gasteiger partial charge in [0.05, 0.1) is 11.7 Å². The molecule has 1 unspecified atom stereocenters. The van der Waals surface area contributed by atoms with Gasteiger partial charge in [-0.25, -0.2) is 4.98 Å². The molecule has 2 aromatic heterocycles. The van der Waals surface area contributed by atoms with E-state index < -0.39 is 0 Å². The van der Waals surface area contributed by atoms with Crippen molar-refractivity contribution in [3.63, 3.8) is 0 Å². The topological polar surface area (TPSA) is 63.8 Å². The van der Waals surface area contributed by atoms with E-state index in [2.05, 4.69) is 28.3 Å². The lowest BCUT2D eigenvalue weighted by atomic mass is 10.0. The number of nitrogens with zero attached hydrogens (tertiary/aromatic N) is 2. The average molecular weight is 256 g/mol. The molecule has 0 radical (unpaired) electrons. The summed E-state index contributed by atoms with van der Waals surface area (Å²) in [6, 6.07) is 8.07. The highest BCUT2D eigenvalue weighted by atomic mass is 15.0. The Morgan fingerprint density at radius 2 is 2.11 bits per heavy atom. The fourth-order valence-electron chi connectivity index (χ4n) is 2.14. The van der Waals surface area contributed by atoms with Gasteiger partial charge in [0, 0.05) is 17.5 Å². The molecule has 2 rings (SSSR count). The van der Waals surface area contributed by atoms with Crippen molar-refractivity contribution in [1.29, 1.82) is 0 Å². The van der Waals surface area contributed by atoms with E-state index in [9.17, 15) is 0 Å². The third-order valence-electron chi connectivity index (χ3n) is 3.01. The summed E-state index contributed by atoms with van der Waals surface area (Å²) in [7, 11) is 0. The van der Waals surface area contributed by atoms with E-state index in [4.69, 9.17) is 5.73 Å². The minimum atomic E-state index is -0.0164. The third kappa shape index (κ3) is 3.09. The van der Waals surface area contributed by atoms with Crippen molar-refractivity contribution in [1.82, 2.24) is 15.3 Å². The molecular weight excluding hydrogens is 236 g/mol. The normalized spacial score (nSPS) is 12.4. The minimum absolute atomic E-state index is 0.0164. The molecular formula is C15H20N4. The predicted octanol–water partition coefficient (Wildman–Crippen LogP) is 2.37. The van der Waals surface area contributed by atoms with Crippen LogP contribution >= 0.6 is 0 Å². The average Bonchev–Trinajstić information content (AvgIpc) is 2.39. The summed E-state index contributed by atoms with van der Waals surface area (Å²) in [4.78, 5) is 8.83. The van der Waals surface area contributed by atoms with Crippen LogP contribution in [0.15, 0.2) is 30.5 Å². The molecule has 4 heteroatoms. The van der Waals surface area contributed by atoms with Crippen molar-refractivity contribution in [2.24, 2.45) is 0 Å². The molecule has 0 bridgehead atoms. The van der Waals surface area contributed by atoms with Crippen LogP contribution in [0.1, 0.15) is 35.5 Å². The van der Waals surface area contributed by atoms with Gasteiger partial charge in [0.25, 0.3) is 0 Å². The van der Waals surface area contributed by atoms with Crippen LogP contribution in [0, 0.1) is 13.8 Å². The molecule has 3 N–H and O–H groups in total. The number of nitrogen functional groups attached to an aromatic ring is 1. The van der Waals surface area contributed by atoms with Gasteiger partial charge in [-0.2, -0.15) is 0 Å². The van der Waals surface area contributed by atoms with Gasteiger partial charge in [0.1, 0.15) is 5.82 Å². The first-order valence-electron chi connectivity index (χ1n) is 6.50. The number of nitrogens with two attached hydrogens (primary N) is 1. The highest BCUT2D eigenvalue weighted by Crippen LogP contribution is 2.25. The Morgan fingerprint density at radius 3 is 2.79 bits per heavy atom. The summed E-state index contributed by atoms with van der Waals surface area (Å²) in [5.74, 6) is 0.555. The SMILES string of the molecule is CCNC(c1cccc(C)n1)c1cc(C)cnc1N. The van der Waals surface area contributed by atoms with E-state index in [-0.39, 0.29) is 6.04 Å². The number of hydrogen-bond acceptors (Lipinski definition) is 4. The smallest absolute Gasteiger partial charge is 0.128 e. The van der Waals surface area contributed by atoms with Crippen LogP contribution in [0.4, 0.5) is 5.82 Å². The van der Waals surface area contributed by atoms with Crippen molar-refractivity contribution in [3.05, 3.63) is 53.0 Å². The van der Waals surface area contributed by atoms with E-state index in [1.807, 2.05) is 32.0 Å². The van der Waals surface area contributed by atoms with Crippen LogP contribution in [0.5, 0.6) is 0 Å². The van der Waals surface area contributed by atoms with Gasteiger partial charge in [-0.15, -0.1) is 0 Å². The fourth-order valence-corrected chi connectivity index (χ4v) is 2.14. The summed E-state index contributed by atoms with van der Waals surface area (Å²) >= 11 is 0. The molecule has 0 aromatic carbocycles. The maximum atomic E-state index is 6.02. The monoisotopic (exact) mass is 256 g/mol. The Balaban J connectivity index is 2.48. The second-order valence-electron chi connectivity index (χ2n) is 4.68. The number of anilines is 1. The first-order valence-corrected chi connectivity index (χ1v) is 6.50. The lowest BCUT2D eigenvalue weighted by molar-refractivity contribution is 0.613. The molecule has 0 aliphatic rings. The molecule has 0 spiro atoms. The van der Waals surface area contributed by atoms with Gasteiger partial charge >= 0.3 is 0 Å². The molecule has 0 saturated heterocycles. The molecule has 0 saturated carbocycles. The van der Waals surface area contributed by atoms with Gasteiger partial charge in [-0.1, -0.05) is 13.0 Å². The molecule has 0 amide bonds. The predicted molar refractivity (Wildman–Crippen MR) is 77.9 cm³/mol. The van der Waals surface area contributed by atoms with Crippen LogP contribution in [-0.4, -0.2) is 16.5 Å². The van der Waals surface area contributed by atoms with E-state index >= 15 is 0 Å². The maximum absolute atomic E-state index is 6.02. The summed E-state index contributed by atoms with van der Waals surface area (Å²) in [6.07, 6.45) is 1.78. The van der Waals surface area contributed by atoms with Crippen molar-refractivity contribution in [2.75, 3.05) is 12.3 Å². The van der Waals surface area contributed by atoms with Crippen LogP contribution in [0.2, 0.25) is 0 Å². The Hall–Kier alpha value is -1.94. The molecule has 2 heterocycles. The zero-order valence-corrected chi connectivity index (χ0v) is 11.6. The third-order valence-corrected chi connectivity index (χ3v) is 3.01. The van der Waals surface area contributed by atoms with Gasteiger partial charge in [0.15, 0.2) is 0 Å². The molecule has 0 fully saturated rings. The van der Waals surface area contributed by atoms with Crippen molar-refractivity contribution >= 4 is 5.82 Å². The number of aromatic nitrogens is 2. The molecule has 19 heavy (non-hydrogen) atoms. The Morgan fingerprint density at radius 1 is 1.32 bits per heavy atom. The van der Waals surface area contributed by atoms with Crippen LogP contribution in [0.25, 0.3) is 0 Å². The van der Waals surface area contributed by atoms with E-state index in [1.54, 1.807) is 6.20 Å². The molecule has 4 nitrogen and oxygen atoms in total. The van der Waals surface area contributed by atoms with Crippen LogP contribution in [-0.2, 0) is 0 Å². The van der Waals surface area contributed by atoms with Crippen molar-refractivity contribution in [2.45, 2.75) is 26.8 Å². The number of pyridine rings is 2. The Labute approximate surface area is 114 Å². The molecule has 0 aliphatic heterocycles. The highest BCUT2D eigenvalue weighted by molar-refractivity contribution is 5.46. The molecule has 100 valence electrons. The van der Waals surface area contributed by atoms with Gasteiger partial charge in [-0.3, -0.25) is 4.98 Å². The molecule has 1 atom stereocenters. The largest absolute Gasteiger partial charge is 0.383 e. The van der Waals surface area contributed by atoms with Gasteiger partial charge in [-0.05, 0) is 44.2 Å². The Kier molecular flexibility index (Phi) is 4.12. The number of hydrogen-bond donors (Lipinski definition) is 2. The van der Waals surface area contributed by atoms with Crippen molar-refractivity contribution in [3.8, 4) is 0 Å². The Bertz CT molecular complexity index is 566. The van der Waals surface area contributed by atoms with E-state index in [1.165, 1.54) is 0 Å². The number of rotatable bonds is 4. The van der Waals surface area contributed by atoms with Crippen LogP contribution < -0.4 is 11.1 Å². The molecule has 0 aliphatic carbocycles. The summed E-state index contributed by atoms with van der Waals surface area (Å²) < 4.78 is 0. The van der Waals surface area contributed by atoms with Crippen LogP contribution in [0.3, 0.4) is 0 Å². The van der Waals surface area contributed by atoms with Gasteiger partial charge < -0.3 is 11.1 Å². The standard InChI is InChI=1S/C15H20N4/c1-4-17-14(13-7-5-6-11(3)19-13)12-8-10(2)9-18-15(12)16/h5-9,14,17H,4H2,1-3H3,(H2,16,18). The first kappa shape index (κ1) is 13.5. The fraction of sp³-hybridized carbons (Fsp3) is 0.333. The van der Waals surface area contributed by atoms with E-state index in [0.29, 0.717) is 5.82 Å². The lowest BCUT2D eigenvalue weighted by Crippen LogP contribution is -2.24. The highest BCUT2D eigenvalue weighted by Gasteiger charge is 2.18. The van der Waals surface area contributed by atoms with E-state index in [0.717, 1.165) is 29.1 Å². The van der Waals surface area contributed by atoms with Gasteiger partial charge in [0.2, 0.25) is 0 Å². The number of nitrogens with one attached hydrogen (secondary N) is 1. The maximum Gasteiger partial charge on any atom is 0.128 e. The second-order valence-corrected chi connectivity index (χ2v) is 4.68. The minimum Gasteiger partial charge on any atom is -0.383 e. The quantitative estimate of drug-likeness (QED) is 0.881. The first-order chi connectivity index (χ1) is 9.11. The summed E-state index contributed by atoms with van der Waals surface area (Å²) in [5.41, 5.74) is 10.1. The number of aryl methyl sites for hydroxylation is 2.